The Kier molecular flexibility index (Phi) is 6.83. The molecule has 33 heavy (non-hydrogen) atoms. The van der Waals surface area contributed by atoms with Crippen LogP contribution in [0.3, 0.4) is 0 Å². The summed E-state index contributed by atoms with van der Waals surface area (Å²) in [6.07, 6.45) is 0.853. The number of carbonyl (C=O) groups excluding carboxylic acids is 1. The molecular formula is C25H30F3N3O2. The SMILES string of the molecule is CN(C(=O)NCc1ccc(C(F)(F)F)c(NC2CCCC2)c1)c1cccc2c1CC(O)CC2. The van der Waals surface area contributed by atoms with Crippen molar-refractivity contribution in [3.8, 4) is 0 Å². The molecular weight excluding hydrogens is 431 g/mol. The highest BCUT2D eigenvalue weighted by atomic mass is 19.4. The number of amides is 2. The maximum atomic E-state index is 13.5. The van der Waals surface area contributed by atoms with Crippen LogP contribution >= 0.6 is 0 Å². The third kappa shape index (κ3) is 5.43. The van der Waals surface area contributed by atoms with Gasteiger partial charge in [0.1, 0.15) is 0 Å². The molecule has 0 spiro atoms. The Bertz CT molecular complexity index is 1000. The number of carbonyl (C=O) groups is 1. The van der Waals surface area contributed by atoms with Gasteiger partial charge in [0.2, 0.25) is 0 Å². The highest BCUT2D eigenvalue weighted by Crippen LogP contribution is 2.37. The molecule has 2 amide bonds. The minimum absolute atomic E-state index is 0.0432. The van der Waals surface area contributed by atoms with Crippen molar-refractivity contribution in [2.24, 2.45) is 0 Å². The van der Waals surface area contributed by atoms with Gasteiger partial charge < -0.3 is 15.7 Å². The maximum absolute atomic E-state index is 13.5. The fraction of sp³-hybridized carbons (Fsp3) is 0.480. The molecule has 0 radical (unpaired) electrons. The van der Waals surface area contributed by atoms with Crippen LogP contribution in [0.15, 0.2) is 36.4 Å². The minimum atomic E-state index is -4.44. The lowest BCUT2D eigenvalue weighted by Gasteiger charge is -2.27. The van der Waals surface area contributed by atoms with Crippen LogP contribution < -0.4 is 15.5 Å². The third-order valence-corrected chi connectivity index (χ3v) is 6.65. The lowest BCUT2D eigenvalue weighted by Crippen LogP contribution is -2.38. The first-order chi connectivity index (χ1) is 15.7. The van der Waals surface area contributed by atoms with Crippen molar-refractivity contribution in [1.82, 2.24) is 5.32 Å². The van der Waals surface area contributed by atoms with Crippen molar-refractivity contribution in [2.45, 2.75) is 69.8 Å². The number of aryl methyl sites for hydroxylation is 1. The number of nitrogens with one attached hydrogen (secondary N) is 2. The van der Waals surface area contributed by atoms with Gasteiger partial charge >= 0.3 is 12.2 Å². The van der Waals surface area contributed by atoms with Crippen molar-refractivity contribution in [2.75, 3.05) is 17.3 Å². The second-order valence-electron chi connectivity index (χ2n) is 9.03. The van der Waals surface area contributed by atoms with E-state index >= 15 is 0 Å². The summed E-state index contributed by atoms with van der Waals surface area (Å²) in [6, 6.07) is 9.42. The Morgan fingerprint density at radius 3 is 2.64 bits per heavy atom. The van der Waals surface area contributed by atoms with Gasteiger partial charge in [-0.1, -0.05) is 31.0 Å². The number of alkyl halides is 3. The number of nitrogens with zero attached hydrogens (tertiary/aromatic N) is 1. The molecule has 0 aromatic heterocycles. The van der Waals surface area contributed by atoms with Gasteiger partial charge in [0, 0.05) is 37.4 Å². The van der Waals surface area contributed by atoms with E-state index in [-0.39, 0.29) is 24.3 Å². The molecule has 178 valence electrons. The summed E-state index contributed by atoms with van der Waals surface area (Å²) in [5.74, 6) is 0. The fourth-order valence-corrected chi connectivity index (χ4v) is 4.83. The largest absolute Gasteiger partial charge is 0.418 e. The van der Waals surface area contributed by atoms with Crippen molar-refractivity contribution in [1.29, 1.82) is 0 Å². The Balaban J connectivity index is 1.47. The quantitative estimate of drug-likeness (QED) is 0.570. The topological polar surface area (TPSA) is 64.6 Å². The predicted molar refractivity (Wildman–Crippen MR) is 122 cm³/mol. The number of halogens is 3. The second kappa shape index (κ2) is 9.63. The van der Waals surface area contributed by atoms with Crippen molar-refractivity contribution < 1.29 is 23.1 Å². The Morgan fingerprint density at radius 1 is 1.15 bits per heavy atom. The summed E-state index contributed by atoms with van der Waals surface area (Å²) in [4.78, 5) is 14.3. The van der Waals surface area contributed by atoms with Crippen LogP contribution in [0.25, 0.3) is 0 Å². The Hall–Kier alpha value is -2.74. The highest BCUT2D eigenvalue weighted by molar-refractivity contribution is 5.92. The van der Waals surface area contributed by atoms with E-state index < -0.39 is 17.8 Å². The molecule has 1 atom stereocenters. The smallest absolute Gasteiger partial charge is 0.393 e. The van der Waals surface area contributed by atoms with Crippen LogP contribution in [0.2, 0.25) is 0 Å². The van der Waals surface area contributed by atoms with Crippen LogP contribution in [0.4, 0.5) is 29.3 Å². The van der Waals surface area contributed by atoms with Gasteiger partial charge in [0.05, 0.1) is 11.7 Å². The maximum Gasteiger partial charge on any atom is 0.418 e. The van der Waals surface area contributed by atoms with E-state index in [0.29, 0.717) is 18.4 Å². The van der Waals surface area contributed by atoms with Crippen molar-refractivity contribution in [3.05, 3.63) is 58.7 Å². The molecule has 8 heteroatoms. The highest BCUT2D eigenvalue weighted by Gasteiger charge is 2.34. The number of urea groups is 1. The van der Waals surface area contributed by atoms with Gasteiger partial charge in [-0.3, -0.25) is 4.90 Å². The van der Waals surface area contributed by atoms with Crippen LogP contribution in [-0.2, 0) is 25.6 Å². The molecule has 0 saturated heterocycles. The molecule has 4 rings (SSSR count). The zero-order chi connectivity index (χ0) is 23.6. The van der Waals surface area contributed by atoms with Gasteiger partial charge in [-0.25, -0.2) is 4.79 Å². The number of anilines is 2. The molecule has 5 nitrogen and oxygen atoms in total. The number of benzene rings is 2. The monoisotopic (exact) mass is 461 g/mol. The summed E-state index contributed by atoms with van der Waals surface area (Å²) in [5, 5.41) is 15.9. The molecule has 0 heterocycles. The van der Waals surface area contributed by atoms with Gasteiger partial charge in [-0.2, -0.15) is 13.2 Å². The van der Waals surface area contributed by atoms with Crippen LogP contribution in [0.5, 0.6) is 0 Å². The summed E-state index contributed by atoms with van der Waals surface area (Å²) in [5.41, 5.74) is 2.81. The standard InChI is InChI=1S/C25H30F3N3O2/c1-31(23-8-4-5-17-10-11-19(32)14-20(17)23)24(33)29-15-16-9-12-21(25(26,27)28)22(13-16)30-18-6-2-3-7-18/h4-5,8-9,12-13,18-19,30,32H,2-3,6-7,10-11,14-15H2,1H3,(H,29,33). The fourth-order valence-electron chi connectivity index (χ4n) is 4.83. The van der Waals surface area contributed by atoms with E-state index in [1.165, 1.54) is 17.0 Å². The van der Waals surface area contributed by atoms with Crippen LogP contribution in [0.1, 0.15) is 54.4 Å². The summed E-state index contributed by atoms with van der Waals surface area (Å²) in [6.45, 7) is 0.109. The summed E-state index contributed by atoms with van der Waals surface area (Å²) >= 11 is 0. The minimum Gasteiger partial charge on any atom is -0.393 e. The van der Waals surface area contributed by atoms with Gasteiger partial charge in [0.25, 0.3) is 0 Å². The van der Waals surface area contributed by atoms with E-state index in [0.717, 1.165) is 55.0 Å². The molecule has 2 aliphatic rings. The number of aliphatic hydroxyl groups is 1. The van der Waals surface area contributed by atoms with Gasteiger partial charge in [-0.15, -0.1) is 0 Å². The van der Waals surface area contributed by atoms with E-state index in [2.05, 4.69) is 10.6 Å². The number of fused-ring (bicyclic) bond motifs is 1. The average molecular weight is 462 g/mol. The first kappa shape index (κ1) is 23.4. The van der Waals surface area contributed by atoms with Crippen LogP contribution in [0, 0.1) is 0 Å². The molecule has 1 saturated carbocycles. The average Bonchev–Trinajstić information content (AvgIpc) is 3.29. The van der Waals surface area contributed by atoms with Gasteiger partial charge in [-0.05, 0) is 60.6 Å². The Morgan fingerprint density at radius 2 is 1.91 bits per heavy atom. The first-order valence-electron chi connectivity index (χ1n) is 11.5. The van der Waals surface area contributed by atoms with Crippen LogP contribution in [-0.4, -0.2) is 30.3 Å². The van der Waals surface area contributed by atoms with Crippen molar-refractivity contribution >= 4 is 17.4 Å². The molecule has 2 aromatic rings. The molecule has 2 aliphatic carbocycles. The second-order valence-corrected chi connectivity index (χ2v) is 9.03. The number of hydrogen-bond acceptors (Lipinski definition) is 3. The molecule has 1 unspecified atom stereocenters. The lowest BCUT2D eigenvalue weighted by molar-refractivity contribution is -0.137. The zero-order valence-electron chi connectivity index (χ0n) is 18.7. The lowest BCUT2D eigenvalue weighted by atomic mass is 9.88. The van der Waals surface area contributed by atoms with E-state index in [1.807, 2.05) is 18.2 Å². The molecule has 3 N–H and O–H groups in total. The molecule has 1 fully saturated rings. The number of rotatable bonds is 5. The van der Waals surface area contributed by atoms with E-state index in [9.17, 15) is 23.1 Å². The summed E-state index contributed by atoms with van der Waals surface area (Å²) in [7, 11) is 1.66. The molecule has 2 aromatic carbocycles. The van der Waals surface area contributed by atoms with Crippen molar-refractivity contribution in [3.63, 3.8) is 0 Å². The first-order valence-corrected chi connectivity index (χ1v) is 11.5. The van der Waals surface area contributed by atoms with E-state index in [4.69, 9.17) is 0 Å². The van der Waals surface area contributed by atoms with Gasteiger partial charge in [0.15, 0.2) is 0 Å². The number of hydrogen-bond donors (Lipinski definition) is 3. The Labute approximate surface area is 192 Å². The molecule has 0 bridgehead atoms. The number of aliphatic hydroxyl groups excluding tert-OH is 1. The summed E-state index contributed by atoms with van der Waals surface area (Å²) < 4.78 is 40.5. The zero-order valence-corrected chi connectivity index (χ0v) is 18.7. The normalized spacial score (nSPS) is 18.6. The van der Waals surface area contributed by atoms with E-state index in [1.54, 1.807) is 7.05 Å². The third-order valence-electron chi connectivity index (χ3n) is 6.65. The predicted octanol–water partition coefficient (Wildman–Crippen LogP) is 5.26. The molecule has 0 aliphatic heterocycles.